The van der Waals surface area contributed by atoms with Gasteiger partial charge in [0.1, 0.15) is 0 Å². The lowest BCUT2D eigenvalue weighted by Gasteiger charge is -2.17. The summed E-state index contributed by atoms with van der Waals surface area (Å²) in [6.07, 6.45) is 8.42. The number of nitrogens with one attached hydrogen (secondary N) is 1. The molecular formula is C22H36ClN. The maximum atomic E-state index is 6.14. The van der Waals surface area contributed by atoms with Crippen molar-refractivity contribution in [3.63, 3.8) is 0 Å². The number of unbranched alkanes of at least 4 members (excludes halogenated alkanes) is 2. The van der Waals surface area contributed by atoms with Crippen LogP contribution in [0.15, 0.2) is 24.8 Å². The number of hydrogen-bond acceptors (Lipinski definition) is 1. The van der Waals surface area contributed by atoms with Gasteiger partial charge in [-0.15, -0.1) is 0 Å². The summed E-state index contributed by atoms with van der Waals surface area (Å²) in [5.74, 6) is 0. The molecule has 0 aliphatic heterocycles. The summed E-state index contributed by atoms with van der Waals surface area (Å²) in [7, 11) is 0. The van der Waals surface area contributed by atoms with Crippen molar-refractivity contribution < 1.29 is 0 Å². The first-order chi connectivity index (χ1) is 11.3. The minimum Gasteiger partial charge on any atom is -0.317 e. The number of aryl methyl sites for hydroxylation is 1. The normalized spacial score (nSPS) is 11.7. The lowest BCUT2D eigenvalue weighted by atomic mass is 9.91. The number of allylic oxidation sites excluding steroid dienone is 1. The Hall–Kier alpha value is -0.790. The smallest absolute Gasteiger partial charge is 0.0412 e. The van der Waals surface area contributed by atoms with E-state index in [0.29, 0.717) is 5.41 Å². The number of halogens is 1. The van der Waals surface area contributed by atoms with Gasteiger partial charge in [0.2, 0.25) is 0 Å². The van der Waals surface area contributed by atoms with Gasteiger partial charge in [0.25, 0.3) is 0 Å². The zero-order chi connectivity index (χ0) is 18.0. The Labute approximate surface area is 154 Å². The minimum absolute atomic E-state index is 0.459. The fraction of sp³-hybridized carbons (Fsp3) is 0.636. The van der Waals surface area contributed by atoms with Crippen molar-refractivity contribution >= 4 is 17.2 Å². The first-order valence-electron chi connectivity index (χ1n) is 9.51. The average molecular weight is 350 g/mol. The lowest BCUT2D eigenvalue weighted by Crippen LogP contribution is -2.18. The van der Waals surface area contributed by atoms with Crippen LogP contribution in [0, 0.1) is 5.41 Å². The molecule has 1 nitrogen and oxygen atoms in total. The van der Waals surface area contributed by atoms with Crippen LogP contribution >= 0.6 is 11.6 Å². The van der Waals surface area contributed by atoms with E-state index >= 15 is 0 Å². The second-order valence-corrected chi connectivity index (χ2v) is 8.42. The fourth-order valence-electron chi connectivity index (χ4n) is 2.90. The number of hydrogen-bond donors (Lipinski definition) is 1. The Bertz CT molecular complexity index is 499. The zero-order valence-corrected chi connectivity index (χ0v) is 16.9. The van der Waals surface area contributed by atoms with E-state index in [9.17, 15) is 0 Å². The fourth-order valence-corrected chi connectivity index (χ4v) is 3.07. The lowest BCUT2D eigenvalue weighted by molar-refractivity contribution is 0.360. The van der Waals surface area contributed by atoms with Crippen molar-refractivity contribution in [2.24, 2.45) is 5.41 Å². The van der Waals surface area contributed by atoms with Crippen LogP contribution in [0.3, 0.4) is 0 Å². The van der Waals surface area contributed by atoms with Gasteiger partial charge in [0.05, 0.1) is 0 Å². The summed E-state index contributed by atoms with van der Waals surface area (Å²) in [4.78, 5) is 0. The van der Waals surface area contributed by atoms with Gasteiger partial charge in [-0.1, -0.05) is 58.4 Å². The second-order valence-electron chi connectivity index (χ2n) is 7.98. The first kappa shape index (κ1) is 21.3. The highest BCUT2D eigenvalue weighted by atomic mass is 35.5. The molecule has 0 aliphatic rings. The Morgan fingerprint density at radius 1 is 1.08 bits per heavy atom. The standard InChI is InChI=1S/C22H36ClN/c1-6-18(2)21-17-20(23)13-12-19(21)11-8-7-9-15-24-16-10-14-22(3,4)5/h12-13,17,24H,2,6-11,14-16H2,1,3-5H3. The molecule has 0 saturated heterocycles. The quantitative estimate of drug-likeness (QED) is 0.429. The van der Waals surface area contributed by atoms with E-state index in [1.807, 2.05) is 6.07 Å². The molecule has 0 radical (unpaired) electrons. The van der Waals surface area contributed by atoms with Crippen molar-refractivity contribution in [1.82, 2.24) is 5.32 Å². The summed E-state index contributed by atoms with van der Waals surface area (Å²) in [5.41, 5.74) is 4.29. The van der Waals surface area contributed by atoms with E-state index in [0.717, 1.165) is 31.0 Å². The van der Waals surface area contributed by atoms with Crippen molar-refractivity contribution in [2.75, 3.05) is 13.1 Å². The van der Waals surface area contributed by atoms with E-state index in [2.05, 4.69) is 51.7 Å². The van der Waals surface area contributed by atoms with Gasteiger partial charge < -0.3 is 5.32 Å². The van der Waals surface area contributed by atoms with E-state index < -0.39 is 0 Å². The van der Waals surface area contributed by atoms with Crippen molar-refractivity contribution in [2.45, 2.75) is 72.6 Å². The Morgan fingerprint density at radius 2 is 1.79 bits per heavy atom. The molecule has 0 fully saturated rings. The van der Waals surface area contributed by atoms with Crippen molar-refractivity contribution in [1.29, 1.82) is 0 Å². The summed E-state index contributed by atoms with van der Waals surface area (Å²) in [5, 5.41) is 4.38. The third-order valence-corrected chi connectivity index (χ3v) is 4.69. The molecule has 136 valence electrons. The molecule has 1 N–H and O–H groups in total. The predicted octanol–water partition coefficient (Wildman–Crippen LogP) is 6.89. The van der Waals surface area contributed by atoms with E-state index in [-0.39, 0.29) is 0 Å². The van der Waals surface area contributed by atoms with Gasteiger partial charge in [-0.3, -0.25) is 0 Å². The molecule has 0 heterocycles. The number of rotatable bonds is 11. The largest absolute Gasteiger partial charge is 0.317 e. The van der Waals surface area contributed by atoms with Crippen molar-refractivity contribution in [3.05, 3.63) is 40.9 Å². The van der Waals surface area contributed by atoms with Crippen LogP contribution < -0.4 is 5.32 Å². The molecule has 0 spiro atoms. The van der Waals surface area contributed by atoms with Gasteiger partial charge in [-0.05, 0) is 85.9 Å². The minimum atomic E-state index is 0.459. The molecule has 0 amide bonds. The second kappa shape index (κ2) is 10.9. The summed E-state index contributed by atoms with van der Waals surface area (Å²) in [6, 6.07) is 6.24. The van der Waals surface area contributed by atoms with Gasteiger partial charge in [0, 0.05) is 5.02 Å². The van der Waals surface area contributed by atoms with Crippen LogP contribution in [0.4, 0.5) is 0 Å². The molecule has 0 unspecified atom stereocenters. The van der Waals surface area contributed by atoms with Crippen molar-refractivity contribution in [3.8, 4) is 0 Å². The molecule has 24 heavy (non-hydrogen) atoms. The van der Waals surface area contributed by atoms with Crippen LogP contribution in [-0.2, 0) is 6.42 Å². The highest BCUT2D eigenvalue weighted by molar-refractivity contribution is 6.30. The van der Waals surface area contributed by atoms with Crippen LogP contribution in [-0.4, -0.2) is 13.1 Å². The predicted molar refractivity (Wildman–Crippen MR) is 110 cm³/mol. The average Bonchev–Trinajstić information content (AvgIpc) is 2.52. The number of benzene rings is 1. The third kappa shape index (κ3) is 8.89. The highest BCUT2D eigenvalue weighted by Crippen LogP contribution is 2.25. The molecule has 1 aromatic rings. The molecule has 1 aromatic carbocycles. The topological polar surface area (TPSA) is 12.0 Å². The molecule has 1 rings (SSSR count). The summed E-state index contributed by atoms with van der Waals surface area (Å²) >= 11 is 6.14. The molecule has 2 heteroatoms. The molecule has 0 aromatic heterocycles. The van der Waals surface area contributed by atoms with E-state index in [4.69, 9.17) is 11.6 Å². The third-order valence-electron chi connectivity index (χ3n) is 4.46. The van der Waals surface area contributed by atoms with Gasteiger partial charge in [-0.2, -0.15) is 0 Å². The first-order valence-corrected chi connectivity index (χ1v) is 9.88. The molecule has 0 atom stereocenters. The van der Waals surface area contributed by atoms with Crippen LogP contribution in [0.2, 0.25) is 5.02 Å². The van der Waals surface area contributed by atoms with E-state index in [1.165, 1.54) is 48.8 Å². The Kier molecular flexibility index (Phi) is 9.69. The molecular weight excluding hydrogens is 314 g/mol. The monoisotopic (exact) mass is 349 g/mol. The Morgan fingerprint density at radius 3 is 2.46 bits per heavy atom. The molecule has 0 aliphatic carbocycles. The van der Waals surface area contributed by atoms with Gasteiger partial charge in [-0.25, -0.2) is 0 Å². The van der Waals surface area contributed by atoms with Gasteiger partial charge in [0.15, 0.2) is 0 Å². The highest BCUT2D eigenvalue weighted by Gasteiger charge is 2.08. The van der Waals surface area contributed by atoms with Crippen LogP contribution in [0.5, 0.6) is 0 Å². The summed E-state index contributed by atoms with van der Waals surface area (Å²) < 4.78 is 0. The Balaban J connectivity index is 2.21. The SMILES string of the molecule is C=C(CC)c1cc(Cl)ccc1CCCCCNCCCC(C)(C)C. The van der Waals surface area contributed by atoms with Crippen LogP contribution in [0.1, 0.15) is 77.3 Å². The maximum absolute atomic E-state index is 6.14. The van der Waals surface area contributed by atoms with Crippen LogP contribution in [0.25, 0.3) is 5.57 Å². The summed E-state index contributed by atoms with van der Waals surface area (Å²) in [6.45, 7) is 15.5. The maximum Gasteiger partial charge on any atom is 0.0412 e. The van der Waals surface area contributed by atoms with E-state index in [1.54, 1.807) is 0 Å². The van der Waals surface area contributed by atoms with Gasteiger partial charge >= 0.3 is 0 Å². The molecule has 0 saturated carbocycles. The molecule has 0 bridgehead atoms. The zero-order valence-electron chi connectivity index (χ0n) is 16.2.